The highest BCUT2D eigenvalue weighted by molar-refractivity contribution is 8.19. The minimum atomic E-state index is -4.08. The number of hydrogen-bond donors (Lipinski definition) is 5. The molecule has 0 heterocycles. The fourth-order valence-corrected chi connectivity index (χ4v) is 3.17. The molecule has 5 N–H and O–H groups in total. The fraction of sp³-hybridized carbons (Fsp3) is 0.200. The van der Waals surface area contributed by atoms with Crippen LogP contribution in [0.5, 0.6) is 5.75 Å². The molecule has 0 aliphatic carbocycles. The number of rotatable bonds is 3. The first-order valence-corrected chi connectivity index (χ1v) is 11.2. The molecule has 0 aliphatic heterocycles. The van der Waals surface area contributed by atoms with Crippen LogP contribution in [-0.2, 0) is 11.4 Å². The molecular weight excluding hydrogens is 444 g/mol. The molecule has 1 unspecified atom stereocenters. The van der Waals surface area contributed by atoms with E-state index in [2.05, 4.69) is 10.2 Å². The van der Waals surface area contributed by atoms with Crippen LogP contribution in [0.25, 0.3) is 10.8 Å². The summed E-state index contributed by atoms with van der Waals surface area (Å²) in [6.45, 7) is 5.82. The smallest absolute Gasteiger partial charge is 0.152 e. The van der Waals surface area contributed by atoms with Gasteiger partial charge in [0.25, 0.3) is 0 Å². The molecule has 0 saturated heterocycles. The van der Waals surface area contributed by atoms with E-state index in [1.807, 2.05) is 32.9 Å². The van der Waals surface area contributed by atoms with Crippen molar-refractivity contribution in [3.63, 3.8) is 0 Å². The summed E-state index contributed by atoms with van der Waals surface area (Å²) < 4.78 is 53.2. The van der Waals surface area contributed by atoms with Gasteiger partial charge in [0.2, 0.25) is 0 Å². The summed E-state index contributed by atoms with van der Waals surface area (Å²) >= 11 is -2.86. The van der Waals surface area contributed by atoms with Crippen LogP contribution in [0, 0.1) is 6.92 Å². The zero-order chi connectivity index (χ0) is 22.9. The third kappa shape index (κ3) is 8.34. The Morgan fingerprint density at radius 2 is 1.52 bits per heavy atom. The van der Waals surface area contributed by atoms with Crippen LogP contribution in [0.3, 0.4) is 0 Å². The van der Waals surface area contributed by atoms with E-state index in [0.29, 0.717) is 16.5 Å². The average Bonchev–Trinajstić information content (AvgIpc) is 2.68. The maximum Gasteiger partial charge on any atom is 0.152 e. The molecule has 0 bridgehead atoms. The highest BCUT2D eigenvalue weighted by atomic mass is 32.3. The van der Waals surface area contributed by atoms with E-state index in [-0.39, 0.29) is 23.8 Å². The second-order valence-corrected chi connectivity index (χ2v) is 7.43. The molecule has 0 fully saturated rings. The quantitative estimate of drug-likeness (QED) is 0.205. The topological polar surface area (TPSA) is 166 Å². The summed E-state index contributed by atoms with van der Waals surface area (Å²) in [4.78, 5) is -0.266. The maximum atomic E-state index is 10.6. The largest absolute Gasteiger partial charge is 0.750 e. The van der Waals surface area contributed by atoms with Gasteiger partial charge in [-0.05, 0) is 36.1 Å². The van der Waals surface area contributed by atoms with Crippen molar-refractivity contribution < 1.29 is 32.1 Å². The van der Waals surface area contributed by atoms with Gasteiger partial charge < -0.3 is 27.9 Å². The average molecular weight is 472 g/mol. The summed E-state index contributed by atoms with van der Waals surface area (Å²) in [6, 6.07) is 15.5. The van der Waals surface area contributed by atoms with E-state index in [1.165, 1.54) is 6.07 Å². The molecule has 9 nitrogen and oxygen atoms in total. The lowest BCUT2D eigenvalue weighted by Crippen LogP contribution is -1.97. The lowest BCUT2D eigenvalue weighted by Gasteiger charge is -2.22. The number of aromatic hydroxyl groups is 1. The Hall–Kier alpha value is -2.38. The highest BCUT2D eigenvalue weighted by Crippen LogP contribution is 2.54. The van der Waals surface area contributed by atoms with Crippen LogP contribution in [0.4, 0.5) is 11.4 Å². The number of aryl methyl sites for hydroxylation is 1. The van der Waals surface area contributed by atoms with Crippen LogP contribution in [-0.4, -0.2) is 32.1 Å². The summed E-state index contributed by atoms with van der Waals surface area (Å²) in [5.41, 5.74) is 1.16. The minimum absolute atomic E-state index is 0. The third-order valence-electron chi connectivity index (χ3n) is 3.60. The van der Waals surface area contributed by atoms with E-state index in [1.54, 1.807) is 36.4 Å². The standard InChI is InChI=1S/C17H16N2O4S.C2H6.CH4.H2O3S/c1-11-6-5-7-12-10-14(24(21,22)23)16(17(20)15(11)12)19-18-13-8-3-2-4-9-13;1-2;;1-4(2)3/h2-10,20-23H,1H3;1-2H3;1H4;(H2,1,2,3)/p-1. The molecular formula is C20H27N2O7S2-. The number of azo groups is 1. The number of benzene rings is 3. The van der Waals surface area contributed by atoms with Crippen molar-refractivity contribution in [1.82, 2.24) is 0 Å². The van der Waals surface area contributed by atoms with E-state index >= 15 is 0 Å². The van der Waals surface area contributed by atoms with Gasteiger partial charge in [0.05, 0.1) is 21.9 Å². The molecule has 3 rings (SSSR count). The first-order valence-electron chi connectivity index (χ1n) is 8.62. The first kappa shape index (κ1) is 28.6. The number of nitrogens with zero attached hydrogens (tertiary/aromatic N) is 2. The number of hydrogen-bond acceptors (Lipinski definition) is 8. The zero-order valence-corrected chi connectivity index (χ0v) is 18.1. The zero-order valence-electron chi connectivity index (χ0n) is 16.5. The molecule has 3 aromatic rings. The molecule has 11 heteroatoms. The predicted octanol–water partition coefficient (Wildman–Crippen LogP) is 6.85. The van der Waals surface area contributed by atoms with E-state index < -0.39 is 22.2 Å². The molecule has 0 spiro atoms. The molecule has 1 atom stereocenters. The molecule has 0 aromatic heterocycles. The van der Waals surface area contributed by atoms with Gasteiger partial charge in [-0.3, -0.25) is 0 Å². The van der Waals surface area contributed by atoms with Crippen molar-refractivity contribution in [2.24, 2.45) is 10.2 Å². The lowest BCUT2D eigenvalue weighted by atomic mass is 10.0. The Balaban J connectivity index is 0.00000116. The van der Waals surface area contributed by atoms with Crippen LogP contribution >= 0.6 is 10.9 Å². The Morgan fingerprint density at radius 3 is 2.03 bits per heavy atom. The van der Waals surface area contributed by atoms with Gasteiger partial charge in [-0.25, -0.2) is 4.21 Å². The SMILES string of the molecule is C.CC.Cc1cccc2cc(S(O)(O)O)c(N=Nc3ccccc3)c(O)c12.O=S([O-])O. The van der Waals surface area contributed by atoms with Crippen LogP contribution in [0.2, 0.25) is 0 Å². The number of phenolic OH excluding ortho intramolecular Hbond substituents is 1. The van der Waals surface area contributed by atoms with Gasteiger partial charge in [0.15, 0.2) is 5.75 Å². The van der Waals surface area contributed by atoms with E-state index in [9.17, 15) is 18.8 Å². The van der Waals surface area contributed by atoms with Crippen molar-refractivity contribution in [1.29, 1.82) is 0 Å². The van der Waals surface area contributed by atoms with Gasteiger partial charge in [-0.2, -0.15) is 5.11 Å². The summed E-state index contributed by atoms with van der Waals surface area (Å²) in [6.07, 6.45) is 0. The molecule has 3 aromatic carbocycles. The van der Waals surface area contributed by atoms with Gasteiger partial charge in [-0.1, -0.05) is 57.7 Å². The highest BCUT2D eigenvalue weighted by Gasteiger charge is 2.25. The van der Waals surface area contributed by atoms with Crippen molar-refractivity contribution in [3.05, 3.63) is 60.2 Å². The molecule has 172 valence electrons. The Morgan fingerprint density at radius 1 is 0.968 bits per heavy atom. The van der Waals surface area contributed by atoms with Crippen molar-refractivity contribution in [2.45, 2.75) is 33.1 Å². The lowest BCUT2D eigenvalue weighted by molar-refractivity contribution is 0.375. The van der Waals surface area contributed by atoms with Crippen molar-refractivity contribution in [3.8, 4) is 5.75 Å². The molecule has 0 saturated carbocycles. The summed E-state index contributed by atoms with van der Waals surface area (Å²) in [5.74, 6) is -0.255. The van der Waals surface area contributed by atoms with Gasteiger partial charge in [-0.15, -0.1) is 5.11 Å². The van der Waals surface area contributed by atoms with Crippen LogP contribution < -0.4 is 0 Å². The van der Waals surface area contributed by atoms with E-state index in [0.717, 1.165) is 5.56 Å². The minimum Gasteiger partial charge on any atom is -0.750 e. The van der Waals surface area contributed by atoms with Gasteiger partial charge in [0.1, 0.15) is 16.6 Å². The van der Waals surface area contributed by atoms with E-state index in [4.69, 9.17) is 13.3 Å². The van der Waals surface area contributed by atoms with Gasteiger partial charge in [0, 0.05) is 5.39 Å². The summed E-state index contributed by atoms with van der Waals surface area (Å²) in [5, 5.41) is 19.6. The van der Waals surface area contributed by atoms with Crippen molar-refractivity contribution in [2.75, 3.05) is 0 Å². The second kappa shape index (κ2) is 13.1. The number of phenols is 1. The van der Waals surface area contributed by atoms with Crippen molar-refractivity contribution >= 4 is 44.4 Å². The molecule has 0 radical (unpaired) electrons. The first-order chi connectivity index (χ1) is 14.1. The Kier molecular flexibility index (Phi) is 12.1. The second-order valence-electron chi connectivity index (χ2n) is 5.52. The maximum absolute atomic E-state index is 10.6. The third-order valence-corrected chi connectivity index (χ3v) is 4.50. The molecule has 0 amide bonds. The fourth-order valence-electron chi connectivity index (χ4n) is 2.49. The van der Waals surface area contributed by atoms with Gasteiger partial charge >= 0.3 is 0 Å². The molecule has 31 heavy (non-hydrogen) atoms. The van der Waals surface area contributed by atoms with Crippen LogP contribution in [0.1, 0.15) is 26.8 Å². The Bertz CT molecular complexity index is 1020. The summed E-state index contributed by atoms with van der Waals surface area (Å²) in [7, 11) is -4.08. The van der Waals surface area contributed by atoms with Crippen LogP contribution in [0.15, 0.2) is 69.7 Å². The monoisotopic (exact) mass is 471 g/mol. The molecule has 0 aliphatic rings. The normalized spacial score (nSPS) is 12.1. The number of fused-ring (bicyclic) bond motifs is 1. The predicted molar refractivity (Wildman–Crippen MR) is 124 cm³/mol. The Labute approximate surface area is 185 Å².